The van der Waals surface area contributed by atoms with Crippen molar-refractivity contribution < 1.29 is 18.8 Å². The van der Waals surface area contributed by atoms with Crippen LogP contribution in [0.2, 0.25) is 0 Å². The topological polar surface area (TPSA) is 103 Å². The van der Waals surface area contributed by atoms with Crippen LogP contribution in [0.4, 0.5) is 14.9 Å². The predicted octanol–water partition coefficient (Wildman–Crippen LogP) is 3.46. The molecule has 0 aliphatic carbocycles. The molecule has 0 aliphatic heterocycles. The van der Waals surface area contributed by atoms with E-state index in [9.17, 15) is 19.3 Å². The third-order valence-corrected chi connectivity index (χ3v) is 3.83. The Labute approximate surface area is 155 Å². The van der Waals surface area contributed by atoms with Gasteiger partial charge < -0.3 is 9.64 Å². The van der Waals surface area contributed by atoms with E-state index < -0.39 is 34.2 Å². The van der Waals surface area contributed by atoms with Crippen LogP contribution in [0.1, 0.15) is 39.4 Å². The highest BCUT2D eigenvalue weighted by Gasteiger charge is 2.30. The van der Waals surface area contributed by atoms with Crippen LogP contribution in [-0.4, -0.2) is 43.6 Å². The summed E-state index contributed by atoms with van der Waals surface area (Å²) < 4.78 is 20.0. The Kier molecular flexibility index (Phi) is 5.48. The van der Waals surface area contributed by atoms with Crippen molar-refractivity contribution in [3.63, 3.8) is 0 Å². The Bertz CT molecular complexity index is 875. The summed E-state index contributed by atoms with van der Waals surface area (Å²) in [6, 6.07) is 3.22. The largest absolute Gasteiger partial charge is 0.444 e. The molecule has 2 aromatic rings. The van der Waals surface area contributed by atoms with E-state index in [0.29, 0.717) is 5.69 Å². The van der Waals surface area contributed by atoms with Gasteiger partial charge in [-0.25, -0.2) is 4.79 Å². The molecular weight excluding hydrogens is 357 g/mol. The number of halogens is 1. The Hall–Kier alpha value is -3.04. The van der Waals surface area contributed by atoms with Crippen LogP contribution in [-0.2, 0) is 11.8 Å². The minimum atomic E-state index is -1.00. The van der Waals surface area contributed by atoms with Crippen molar-refractivity contribution in [2.45, 2.75) is 39.3 Å². The molecule has 1 amide bonds. The van der Waals surface area contributed by atoms with Crippen molar-refractivity contribution in [1.29, 1.82) is 0 Å². The summed E-state index contributed by atoms with van der Waals surface area (Å²) in [6.07, 6.45) is -0.578. The van der Waals surface area contributed by atoms with E-state index in [4.69, 9.17) is 4.74 Å². The number of rotatable bonds is 4. The summed E-state index contributed by atoms with van der Waals surface area (Å²) in [4.78, 5) is 25.1. The second-order valence-electron chi connectivity index (χ2n) is 7.09. The van der Waals surface area contributed by atoms with Crippen LogP contribution in [0.15, 0.2) is 18.2 Å². The molecular formula is C17H22FN5O4. The standard InChI is InChI=1S/C17H22FN5O4/c1-10(21(5)16(24)27-17(2,3)4)14-15(20-22(6)19-14)11-8-7-9-12(13(11)18)23(25)26/h7-10H,1-6H3. The molecule has 1 atom stereocenters. The first-order valence-electron chi connectivity index (χ1n) is 8.22. The SMILES string of the molecule is CC(c1nn(C)nc1-c1cccc([N+](=O)[O-])c1F)N(C)C(=O)OC(C)(C)C. The third kappa shape index (κ3) is 4.39. The first kappa shape index (κ1) is 20.3. The molecule has 1 heterocycles. The Morgan fingerprint density at radius 2 is 2.00 bits per heavy atom. The van der Waals surface area contributed by atoms with Gasteiger partial charge in [0, 0.05) is 25.7 Å². The highest BCUT2D eigenvalue weighted by atomic mass is 19.1. The number of hydrogen-bond donors (Lipinski definition) is 0. The quantitative estimate of drug-likeness (QED) is 0.595. The van der Waals surface area contributed by atoms with Crippen LogP contribution in [0.5, 0.6) is 0 Å². The lowest BCUT2D eigenvalue weighted by Crippen LogP contribution is -2.36. The second kappa shape index (κ2) is 7.29. The molecule has 0 bridgehead atoms. The van der Waals surface area contributed by atoms with Crippen molar-refractivity contribution in [1.82, 2.24) is 19.9 Å². The molecule has 1 aromatic carbocycles. The molecule has 0 fully saturated rings. The molecule has 0 N–H and O–H groups in total. The summed E-state index contributed by atoms with van der Waals surface area (Å²) in [5, 5.41) is 19.4. The highest BCUT2D eigenvalue weighted by molar-refractivity contribution is 5.70. The lowest BCUT2D eigenvalue weighted by atomic mass is 10.0. The molecule has 0 spiro atoms. The fraction of sp³-hybridized carbons (Fsp3) is 0.471. The molecule has 0 aliphatic rings. The Morgan fingerprint density at radius 3 is 2.56 bits per heavy atom. The molecule has 27 heavy (non-hydrogen) atoms. The molecule has 0 saturated carbocycles. The number of benzene rings is 1. The van der Waals surface area contributed by atoms with Gasteiger partial charge in [0.1, 0.15) is 17.0 Å². The van der Waals surface area contributed by atoms with Gasteiger partial charge in [0.05, 0.1) is 11.0 Å². The molecule has 10 heteroatoms. The van der Waals surface area contributed by atoms with Crippen molar-refractivity contribution in [2.75, 3.05) is 7.05 Å². The van der Waals surface area contributed by atoms with Gasteiger partial charge in [-0.3, -0.25) is 10.1 Å². The van der Waals surface area contributed by atoms with Gasteiger partial charge in [-0.2, -0.15) is 19.4 Å². The van der Waals surface area contributed by atoms with E-state index in [-0.39, 0.29) is 11.3 Å². The van der Waals surface area contributed by atoms with Crippen LogP contribution in [0.25, 0.3) is 11.3 Å². The van der Waals surface area contributed by atoms with E-state index in [1.807, 2.05) is 0 Å². The van der Waals surface area contributed by atoms with Gasteiger partial charge in [0.15, 0.2) is 0 Å². The summed E-state index contributed by atoms with van der Waals surface area (Å²) in [7, 11) is 3.07. The summed E-state index contributed by atoms with van der Waals surface area (Å²) in [5.41, 5.74) is -0.969. The number of carbonyl (C=O) groups excluding carboxylic acids is 1. The van der Waals surface area contributed by atoms with E-state index in [1.165, 1.54) is 28.9 Å². The van der Waals surface area contributed by atoms with Gasteiger partial charge in [-0.1, -0.05) is 6.07 Å². The summed E-state index contributed by atoms with van der Waals surface area (Å²) in [5.74, 6) is -1.00. The number of nitro groups is 1. The van der Waals surface area contributed by atoms with Crippen LogP contribution >= 0.6 is 0 Å². The first-order valence-corrected chi connectivity index (χ1v) is 8.22. The number of aromatic nitrogens is 3. The van der Waals surface area contributed by atoms with Gasteiger partial charge in [-0.05, 0) is 33.8 Å². The van der Waals surface area contributed by atoms with Crippen LogP contribution in [0.3, 0.4) is 0 Å². The number of amides is 1. The second-order valence-corrected chi connectivity index (χ2v) is 7.09. The molecule has 9 nitrogen and oxygen atoms in total. The van der Waals surface area contributed by atoms with Gasteiger partial charge in [0.2, 0.25) is 5.82 Å². The van der Waals surface area contributed by atoms with Crippen molar-refractivity contribution >= 4 is 11.8 Å². The number of aryl methyl sites for hydroxylation is 1. The van der Waals surface area contributed by atoms with Crippen molar-refractivity contribution in [2.24, 2.45) is 7.05 Å². The minimum absolute atomic E-state index is 0.0586. The van der Waals surface area contributed by atoms with Gasteiger partial charge >= 0.3 is 11.8 Å². The molecule has 1 unspecified atom stereocenters. The number of hydrogen-bond acceptors (Lipinski definition) is 6. The number of nitrogens with zero attached hydrogens (tertiary/aromatic N) is 5. The zero-order chi connectivity index (χ0) is 20.5. The first-order chi connectivity index (χ1) is 12.4. The van der Waals surface area contributed by atoms with Crippen molar-refractivity contribution in [3.05, 3.63) is 39.8 Å². The van der Waals surface area contributed by atoms with E-state index >= 15 is 0 Å². The van der Waals surface area contributed by atoms with Gasteiger partial charge in [-0.15, -0.1) is 0 Å². The van der Waals surface area contributed by atoms with E-state index in [2.05, 4.69) is 10.2 Å². The number of nitro benzene ring substituents is 1. The fourth-order valence-electron chi connectivity index (χ4n) is 2.41. The lowest BCUT2D eigenvalue weighted by molar-refractivity contribution is -0.387. The molecule has 0 saturated heterocycles. The maximum Gasteiger partial charge on any atom is 0.410 e. The molecule has 146 valence electrons. The molecule has 2 rings (SSSR count). The monoisotopic (exact) mass is 379 g/mol. The number of carbonyl (C=O) groups is 1. The highest BCUT2D eigenvalue weighted by Crippen LogP contribution is 2.33. The Morgan fingerprint density at radius 1 is 1.37 bits per heavy atom. The molecule has 1 aromatic heterocycles. The lowest BCUT2D eigenvalue weighted by Gasteiger charge is -2.28. The van der Waals surface area contributed by atoms with Crippen LogP contribution < -0.4 is 0 Å². The zero-order valence-electron chi connectivity index (χ0n) is 16.1. The summed E-state index contributed by atoms with van der Waals surface area (Å²) in [6.45, 7) is 6.92. The van der Waals surface area contributed by atoms with E-state index in [1.54, 1.807) is 34.7 Å². The maximum absolute atomic E-state index is 14.6. The number of ether oxygens (including phenoxy) is 1. The minimum Gasteiger partial charge on any atom is -0.444 e. The zero-order valence-corrected chi connectivity index (χ0v) is 16.1. The maximum atomic E-state index is 14.6. The average molecular weight is 379 g/mol. The third-order valence-electron chi connectivity index (χ3n) is 3.83. The summed E-state index contributed by atoms with van der Waals surface area (Å²) >= 11 is 0. The van der Waals surface area contributed by atoms with Crippen molar-refractivity contribution in [3.8, 4) is 11.3 Å². The predicted molar refractivity (Wildman–Crippen MR) is 95.5 cm³/mol. The van der Waals surface area contributed by atoms with E-state index in [0.717, 1.165) is 6.07 Å². The Balaban J connectivity index is 2.46. The molecule has 0 radical (unpaired) electrons. The van der Waals surface area contributed by atoms with Crippen LogP contribution in [0, 0.1) is 15.9 Å². The van der Waals surface area contributed by atoms with Gasteiger partial charge in [0.25, 0.3) is 0 Å². The fourth-order valence-corrected chi connectivity index (χ4v) is 2.41. The smallest absolute Gasteiger partial charge is 0.410 e. The average Bonchev–Trinajstić information content (AvgIpc) is 2.93. The normalized spacial score (nSPS) is 12.6.